The highest BCUT2D eigenvalue weighted by molar-refractivity contribution is 5.78. The molecule has 4 unspecified atom stereocenters. The second-order valence-electron chi connectivity index (χ2n) is 7.57. The van der Waals surface area contributed by atoms with Crippen LogP contribution in [0.5, 0.6) is 0 Å². The maximum absolute atomic E-state index is 12.6. The van der Waals surface area contributed by atoms with Gasteiger partial charge >= 0.3 is 0 Å². The molecular weight excluding hydrogens is 262 g/mol. The van der Waals surface area contributed by atoms with Gasteiger partial charge in [0.1, 0.15) is 0 Å². The third-order valence-corrected chi connectivity index (χ3v) is 4.56. The molecule has 124 valence electrons. The monoisotopic (exact) mass is 297 g/mol. The van der Waals surface area contributed by atoms with E-state index in [1.165, 1.54) is 0 Å². The first-order chi connectivity index (χ1) is 9.79. The molecule has 4 atom stereocenters. The van der Waals surface area contributed by atoms with Gasteiger partial charge in [0.2, 0.25) is 5.91 Å². The van der Waals surface area contributed by atoms with Crippen molar-refractivity contribution in [2.45, 2.75) is 65.0 Å². The Kier molecular flexibility index (Phi) is 7.67. The lowest BCUT2D eigenvalue weighted by atomic mass is 9.78. The van der Waals surface area contributed by atoms with E-state index in [1.54, 1.807) is 0 Å². The fourth-order valence-corrected chi connectivity index (χ4v) is 3.46. The number of hydrogen-bond acceptors (Lipinski definition) is 3. The van der Waals surface area contributed by atoms with Crippen molar-refractivity contribution in [2.75, 3.05) is 20.6 Å². The van der Waals surface area contributed by atoms with Crippen LogP contribution in [0.25, 0.3) is 0 Å². The van der Waals surface area contributed by atoms with E-state index in [2.05, 4.69) is 45.1 Å². The van der Waals surface area contributed by atoms with Gasteiger partial charge in [-0.05, 0) is 51.6 Å². The molecule has 1 aliphatic carbocycles. The summed E-state index contributed by atoms with van der Waals surface area (Å²) < 4.78 is 0. The standard InChI is InChI=1S/C17H35N3O/c1-12(2)9-16(11-20(4)5)19-17(21)13(3)14-7-6-8-15(18)10-14/h12-16H,6-11,18H2,1-5H3,(H,19,21). The summed E-state index contributed by atoms with van der Waals surface area (Å²) in [5, 5.41) is 3.27. The van der Waals surface area contributed by atoms with Gasteiger partial charge in [0, 0.05) is 24.5 Å². The van der Waals surface area contributed by atoms with E-state index >= 15 is 0 Å². The van der Waals surface area contributed by atoms with Crippen LogP contribution in [-0.4, -0.2) is 43.5 Å². The Balaban J connectivity index is 2.54. The molecule has 4 heteroatoms. The zero-order valence-corrected chi connectivity index (χ0v) is 14.6. The molecule has 3 N–H and O–H groups in total. The minimum Gasteiger partial charge on any atom is -0.352 e. The lowest BCUT2D eigenvalue weighted by molar-refractivity contribution is -0.127. The van der Waals surface area contributed by atoms with Crippen LogP contribution in [0, 0.1) is 17.8 Å². The number of amides is 1. The van der Waals surface area contributed by atoms with Gasteiger partial charge in [0.05, 0.1) is 0 Å². The van der Waals surface area contributed by atoms with E-state index < -0.39 is 0 Å². The molecule has 4 nitrogen and oxygen atoms in total. The van der Waals surface area contributed by atoms with Gasteiger partial charge in [-0.1, -0.05) is 27.2 Å². The van der Waals surface area contributed by atoms with Gasteiger partial charge in [-0.3, -0.25) is 4.79 Å². The minimum absolute atomic E-state index is 0.0770. The van der Waals surface area contributed by atoms with Gasteiger partial charge in [-0.25, -0.2) is 0 Å². The predicted octanol–water partition coefficient (Wildman–Crippen LogP) is 2.23. The van der Waals surface area contributed by atoms with Gasteiger partial charge in [-0.2, -0.15) is 0 Å². The van der Waals surface area contributed by atoms with Crippen molar-refractivity contribution in [3.63, 3.8) is 0 Å². The first kappa shape index (κ1) is 18.4. The summed E-state index contributed by atoms with van der Waals surface area (Å²) in [4.78, 5) is 14.7. The van der Waals surface area contributed by atoms with E-state index in [9.17, 15) is 4.79 Å². The largest absolute Gasteiger partial charge is 0.352 e. The summed E-state index contributed by atoms with van der Waals surface area (Å²) in [7, 11) is 4.12. The number of carbonyl (C=O) groups is 1. The molecule has 0 aliphatic heterocycles. The maximum Gasteiger partial charge on any atom is 0.223 e. The number of carbonyl (C=O) groups excluding carboxylic acids is 1. The Hall–Kier alpha value is -0.610. The highest BCUT2D eigenvalue weighted by Gasteiger charge is 2.29. The molecule has 0 saturated heterocycles. The quantitative estimate of drug-likeness (QED) is 0.757. The molecule has 21 heavy (non-hydrogen) atoms. The Morgan fingerprint density at radius 1 is 1.29 bits per heavy atom. The van der Waals surface area contributed by atoms with E-state index in [-0.39, 0.29) is 23.9 Å². The van der Waals surface area contributed by atoms with Crippen LogP contribution in [0.2, 0.25) is 0 Å². The molecule has 0 aromatic rings. The fraction of sp³-hybridized carbons (Fsp3) is 0.941. The van der Waals surface area contributed by atoms with Crippen LogP contribution >= 0.6 is 0 Å². The van der Waals surface area contributed by atoms with Crippen molar-refractivity contribution in [1.29, 1.82) is 0 Å². The van der Waals surface area contributed by atoms with Crippen LogP contribution in [0.3, 0.4) is 0 Å². The molecule has 1 rings (SSSR count). The second-order valence-corrected chi connectivity index (χ2v) is 7.57. The number of rotatable bonds is 7. The fourth-order valence-electron chi connectivity index (χ4n) is 3.46. The Bertz CT molecular complexity index is 307. The molecule has 1 fully saturated rings. The van der Waals surface area contributed by atoms with Crippen LogP contribution in [-0.2, 0) is 4.79 Å². The van der Waals surface area contributed by atoms with E-state index in [4.69, 9.17) is 5.73 Å². The predicted molar refractivity (Wildman–Crippen MR) is 89.0 cm³/mol. The lowest BCUT2D eigenvalue weighted by Crippen LogP contribution is -2.46. The zero-order valence-electron chi connectivity index (χ0n) is 14.6. The van der Waals surface area contributed by atoms with Gasteiger partial charge in [-0.15, -0.1) is 0 Å². The van der Waals surface area contributed by atoms with E-state index in [0.29, 0.717) is 11.8 Å². The molecule has 0 aromatic heterocycles. The van der Waals surface area contributed by atoms with Crippen LogP contribution in [0.15, 0.2) is 0 Å². The molecule has 0 heterocycles. The number of hydrogen-bond donors (Lipinski definition) is 2. The first-order valence-corrected chi connectivity index (χ1v) is 8.50. The summed E-state index contributed by atoms with van der Waals surface area (Å²) in [6, 6.07) is 0.527. The molecule has 1 aliphatic rings. The molecule has 0 spiro atoms. The number of nitrogens with zero attached hydrogens (tertiary/aromatic N) is 1. The summed E-state index contributed by atoms with van der Waals surface area (Å²) in [6.45, 7) is 7.39. The third-order valence-electron chi connectivity index (χ3n) is 4.56. The smallest absolute Gasteiger partial charge is 0.223 e. The molecule has 0 radical (unpaired) electrons. The first-order valence-electron chi connectivity index (χ1n) is 8.50. The van der Waals surface area contributed by atoms with Crippen molar-refractivity contribution in [1.82, 2.24) is 10.2 Å². The second kappa shape index (κ2) is 8.74. The average Bonchev–Trinajstić information content (AvgIpc) is 2.36. The molecule has 0 aromatic carbocycles. The van der Waals surface area contributed by atoms with Crippen molar-refractivity contribution in [3.05, 3.63) is 0 Å². The molecule has 1 amide bonds. The van der Waals surface area contributed by atoms with Crippen molar-refractivity contribution in [3.8, 4) is 0 Å². The highest BCUT2D eigenvalue weighted by atomic mass is 16.1. The summed E-state index contributed by atoms with van der Waals surface area (Å²) >= 11 is 0. The van der Waals surface area contributed by atoms with Crippen molar-refractivity contribution < 1.29 is 4.79 Å². The minimum atomic E-state index is 0.0770. The highest BCUT2D eigenvalue weighted by Crippen LogP contribution is 2.29. The Morgan fingerprint density at radius 3 is 2.48 bits per heavy atom. The van der Waals surface area contributed by atoms with Gasteiger partial charge in [0.15, 0.2) is 0 Å². The van der Waals surface area contributed by atoms with Crippen molar-refractivity contribution >= 4 is 5.91 Å². The summed E-state index contributed by atoms with van der Waals surface area (Å²) in [5.74, 6) is 1.33. The van der Waals surface area contributed by atoms with E-state index in [0.717, 1.165) is 38.6 Å². The topological polar surface area (TPSA) is 58.4 Å². The number of likely N-dealkylation sites (N-methyl/N-ethyl adjacent to an activating group) is 1. The molecule has 0 bridgehead atoms. The lowest BCUT2D eigenvalue weighted by Gasteiger charge is -2.32. The molecular formula is C17H35N3O. The van der Waals surface area contributed by atoms with Crippen LogP contribution in [0.4, 0.5) is 0 Å². The SMILES string of the molecule is CC(C)CC(CN(C)C)NC(=O)C(C)C1CCCC(N)C1. The summed E-state index contributed by atoms with van der Waals surface area (Å²) in [6.07, 6.45) is 5.45. The Morgan fingerprint density at radius 2 is 1.95 bits per heavy atom. The number of nitrogens with two attached hydrogens (primary N) is 1. The molecule has 1 saturated carbocycles. The zero-order chi connectivity index (χ0) is 16.0. The summed E-state index contributed by atoms with van der Waals surface area (Å²) in [5.41, 5.74) is 6.06. The average molecular weight is 297 g/mol. The van der Waals surface area contributed by atoms with Gasteiger partial charge < -0.3 is 16.0 Å². The Labute approximate surface area is 130 Å². The number of nitrogens with one attached hydrogen (secondary N) is 1. The van der Waals surface area contributed by atoms with Gasteiger partial charge in [0.25, 0.3) is 0 Å². The normalized spacial score (nSPS) is 25.9. The van der Waals surface area contributed by atoms with Crippen molar-refractivity contribution in [2.24, 2.45) is 23.5 Å². The van der Waals surface area contributed by atoms with Crippen LogP contribution < -0.4 is 11.1 Å². The maximum atomic E-state index is 12.6. The third kappa shape index (κ3) is 6.79. The van der Waals surface area contributed by atoms with Crippen LogP contribution in [0.1, 0.15) is 52.9 Å². The van der Waals surface area contributed by atoms with E-state index in [1.807, 2.05) is 0 Å².